The van der Waals surface area contributed by atoms with Crippen LogP contribution >= 0.6 is 11.6 Å². The average Bonchev–Trinajstić information content (AvgIpc) is 2.37. The third-order valence-electron chi connectivity index (χ3n) is 2.83. The molecular formula is C14H16ClN3O. The molecule has 0 N–H and O–H groups in total. The van der Waals surface area contributed by atoms with E-state index in [4.69, 9.17) is 16.3 Å². The van der Waals surface area contributed by atoms with Gasteiger partial charge < -0.3 is 4.74 Å². The van der Waals surface area contributed by atoms with Crippen molar-refractivity contribution in [2.45, 2.75) is 26.7 Å². The summed E-state index contributed by atoms with van der Waals surface area (Å²) in [6.07, 6.45) is 0. The number of halogens is 1. The van der Waals surface area contributed by atoms with Gasteiger partial charge >= 0.3 is 0 Å². The van der Waals surface area contributed by atoms with Gasteiger partial charge in [-0.25, -0.2) is 15.0 Å². The number of aryl methyl sites for hydroxylation is 1. The van der Waals surface area contributed by atoms with Gasteiger partial charge in [-0.15, -0.1) is 0 Å². The summed E-state index contributed by atoms with van der Waals surface area (Å²) in [5.41, 5.74) is 2.52. The van der Waals surface area contributed by atoms with Gasteiger partial charge in [0, 0.05) is 17.3 Å². The fourth-order valence-corrected chi connectivity index (χ4v) is 2.41. The van der Waals surface area contributed by atoms with Gasteiger partial charge in [-0.1, -0.05) is 31.5 Å². The molecule has 100 valence electrons. The Hall–Kier alpha value is -1.68. The topological polar surface area (TPSA) is 47.9 Å². The summed E-state index contributed by atoms with van der Waals surface area (Å²) in [6.45, 7) is 6.08. The molecule has 0 spiro atoms. The highest BCUT2D eigenvalue weighted by Crippen LogP contribution is 2.27. The fourth-order valence-electron chi connectivity index (χ4n) is 1.97. The van der Waals surface area contributed by atoms with E-state index in [0.717, 1.165) is 11.3 Å². The molecule has 5 heteroatoms. The minimum atomic E-state index is 0.291. The van der Waals surface area contributed by atoms with Crippen molar-refractivity contribution in [2.75, 3.05) is 7.11 Å². The van der Waals surface area contributed by atoms with Gasteiger partial charge in [-0.3, -0.25) is 0 Å². The molecule has 2 aromatic rings. The second kappa shape index (κ2) is 5.53. The first-order chi connectivity index (χ1) is 9.02. The quantitative estimate of drug-likeness (QED) is 0.804. The molecule has 0 aliphatic carbocycles. The molecule has 2 rings (SSSR count). The molecule has 0 aliphatic heterocycles. The average molecular weight is 278 g/mol. The Morgan fingerprint density at radius 3 is 2.47 bits per heavy atom. The zero-order valence-electron chi connectivity index (χ0n) is 11.4. The van der Waals surface area contributed by atoms with Gasteiger partial charge in [0.15, 0.2) is 5.82 Å². The Labute approximate surface area is 117 Å². The maximum atomic E-state index is 6.24. The highest BCUT2D eigenvalue weighted by molar-refractivity contribution is 6.30. The Morgan fingerprint density at radius 1 is 1.16 bits per heavy atom. The first-order valence-corrected chi connectivity index (χ1v) is 6.46. The molecule has 0 radical (unpaired) electrons. The summed E-state index contributed by atoms with van der Waals surface area (Å²) in [4.78, 5) is 13.1. The number of nitrogens with zero attached hydrogens (tertiary/aromatic N) is 3. The van der Waals surface area contributed by atoms with Gasteiger partial charge in [0.05, 0.1) is 7.11 Å². The van der Waals surface area contributed by atoms with Crippen LogP contribution in [-0.2, 0) is 0 Å². The van der Waals surface area contributed by atoms with E-state index in [2.05, 4.69) is 28.8 Å². The highest BCUT2D eigenvalue weighted by Gasteiger charge is 2.14. The summed E-state index contributed by atoms with van der Waals surface area (Å²) < 4.78 is 5.10. The number of hydrogen-bond donors (Lipinski definition) is 0. The molecule has 0 unspecified atom stereocenters. The smallest absolute Gasteiger partial charge is 0.213 e. The minimum Gasteiger partial charge on any atom is -0.481 e. The number of hydrogen-bond acceptors (Lipinski definition) is 4. The molecule has 0 atom stereocenters. The fraction of sp³-hybridized carbons (Fsp3) is 0.357. The van der Waals surface area contributed by atoms with E-state index >= 15 is 0 Å². The summed E-state index contributed by atoms with van der Waals surface area (Å²) >= 11 is 6.24. The first-order valence-electron chi connectivity index (χ1n) is 6.08. The van der Waals surface area contributed by atoms with Gasteiger partial charge in [0.25, 0.3) is 0 Å². The Balaban J connectivity index is 2.52. The van der Waals surface area contributed by atoms with E-state index in [-0.39, 0.29) is 0 Å². The van der Waals surface area contributed by atoms with Crippen molar-refractivity contribution >= 4 is 11.6 Å². The van der Waals surface area contributed by atoms with Crippen molar-refractivity contribution in [1.29, 1.82) is 0 Å². The first kappa shape index (κ1) is 13.7. The highest BCUT2D eigenvalue weighted by atomic mass is 35.5. The normalized spacial score (nSPS) is 10.8. The van der Waals surface area contributed by atoms with Gasteiger partial charge in [0.2, 0.25) is 5.88 Å². The number of methoxy groups -OCH3 is 1. The van der Waals surface area contributed by atoms with Crippen molar-refractivity contribution < 1.29 is 4.74 Å². The molecule has 4 nitrogen and oxygen atoms in total. The lowest BCUT2D eigenvalue weighted by Crippen LogP contribution is -2.03. The molecular weight excluding hydrogens is 262 g/mol. The van der Waals surface area contributed by atoms with E-state index in [1.54, 1.807) is 13.2 Å². The Morgan fingerprint density at radius 2 is 1.89 bits per heavy atom. The molecule has 0 aromatic carbocycles. The van der Waals surface area contributed by atoms with E-state index in [1.807, 2.05) is 19.1 Å². The lowest BCUT2D eigenvalue weighted by Gasteiger charge is -2.12. The summed E-state index contributed by atoms with van der Waals surface area (Å²) in [7, 11) is 1.58. The van der Waals surface area contributed by atoms with E-state index < -0.39 is 0 Å². The maximum absolute atomic E-state index is 6.24. The number of pyridine rings is 1. The lowest BCUT2D eigenvalue weighted by atomic mass is 10.0. The Bertz CT molecular complexity index is 576. The van der Waals surface area contributed by atoms with Crippen LogP contribution in [0, 0.1) is 6.92 Å². The van der Waals surface area contributed by atoms with E-state index in [9.17, 15) is 0 Å². The van der Waals surface area contributed by atoms with Crippen LogP contribution in [0.2, 0.25) is 5.15 Å². The zero-order chi connectivity index (χ0) is 14.0. The number of ether oxygens (including phenoxy) is 1. The monoisotopic (exact) mass is 277 g/mol. The van der Waals surface area contributed by atoms with Crippen LogP contribution in [0.25, 0.3) is 11.5 Å². The van der Waals surface area contributed by atoms with Crippen LogP contribution in [0.4, 0.5) is 0 Å². The van der Waals surface area contributed by atoms with Crippen LogP contribution in [0.3, 0.4) is 0 Å². The Kier molecular flexibility index (Phi) is 4.00. The van der Waals surface area contributed by atoms with Crippen LogP contribution in [0.1, 0.15) is 31.0 Å². The van der Waals surface area contributed by atoms with Gasteiger partial charge in [0.1, 0.15) is 10.8 Å². The predicted octanol–water partition coefficient (Wildman–Crippen LogP) is 3.63. The number of rotatable bonds is 3. The molecule has 0 fully saturated rings. The van der Waals surface area contributed by atoms with Crippen LogP contribution < -0.4 is 4.74 Å². The van der Waals surface area contributed by atoms with Crippen molar-refractivity contribution in [3.63, 3.8) is 0 Å². The van der Waals surface area contributed by atoms with Crippen molar-refractivity contribution in [3.8, 4) is 17.4 Å². The third kappa shape index (κ3) is 2.84. The molecule has 2 heterocycles. The second-order valence-electron chi connectivity index (χ2n) is 4.56. The van der Waals surface area contributed by atoms with Gasteiger partial charge in [-0.05, 0) is 18.9 Å². The van der Waals surface area contributed by atoms with Crippen molar-refractivity contribution in [3.05, 3.63) is 34.6 Å². The van der Waals surface area contributed by atoms with Crippen LogP contribution in [0.5, 0.6) is 5.88 Å². The van der Waals surface area contributed by atoms with Gasteiger partial charge in [-0.2, -0.15) is 0 Å². The molecule has 0 amide bonds. The van der Waals surface area contributed by atoms with Crippen molar-refractivity contribution in [1.82, 2.24) is 15.0 Å². The second-order valence-corrected chi connectivity index (χ2v) is 4.92. The van der Waals surface area contributed by atoms with Crippen LogP contribution in [-0.4, -0.2) is 22.1 Å². The molecule has 0 saturated heterocycles. The molecule has 19 heavy (non-hydrogen) atoms. The van der Waals surface area contributed by atoms with Crippen LogP contribution in [0.15, 0.2) is 18.2 Å². The minimum absolute atomic E-state index is 0.291. The molecule has 0 bridgehead atoms. The largest absolute Gasteiger partial charge is 0.481 e. The summed E-state index contributed by atoms with van der Waals surface area (Å²) in [6, 6.07) is 5.47. The number of aromatic nitrogens is 3. The zero-order valence-corrected chi connectivity index (χ0v) is 12.2. The van der Waals surface area contributed by atoms with E-state index in [1.165, 1.54) is 0 Å². The van der Waals surface area contributed by atoms with Crippen molar-refractivity contribution in [2.24, 2.45) is 0 Å². The predicted molar refractivity (Wildman–Crippen MR) is 75.7 cm³/mol. The summed E-state index contributed by atoms with van der Waals surface area (Å²) in [5, 5.41) is 0.488. The van der Waals surface area contributed by atoms with E-state index in [0.29, 0.717) is 28.5 Å². The molecule has 0 saturated carbocycles. The molecule has 0 aliphatic rings. The maximum Gasteiger partial charge on any atom is 0.213 e. The lowest BCUT2D eigenvalue weighted by molar-refractivity contribution is 0.398. The molecule has 2 aromatic heterocycles. The third-order valence-corrected chi connectivity index (χ3v) is 3.12. The SMILES string of the molecule is COc1cccc(-c2nc(C)c(C(C)C)c(Cl)n2)n1. The summed E-state index contributed by atoms with van der Waals surface area (Å²) in [5.74, 6) is 1.34. The standard InChI is InChI=1S/C14H16ClN3O/c1-8(2)12-9(3)16-14(18-13(12)15)10-6-5-7-11(17-10)19-4/h5-8H,1-4H3.